The Balaban J connectivity index is 1.05. The molecule has 39 heavy (non-hydrogen) atoms. The standard InChI is InChI=1S/C28H29ClN6O3S/c29-24-17-25(33-13-15-38-16-14-33)32-27(31-24)39-18-19-5-7-20(8-6-19)26(36)34-11-9-21(10-12-34)35-23-4-2-1-3-22(23)30-28(35)37/h1-8,17,21H,9-16,18H2,(H,30,37). The quantitative estimate of drug-likeness (QED) is 0.211. The first-order chi connectivity index (χ1) is 19.0. The van der Waals surface area contributed by atoms with E-state index < -0.39 is 0 Å². The molecule has 2 fully saturated rings. The van der Waals surface area contributed by atoms with Crippen LogP contribution in [0, 0.1) is 0 Å². The van der Waals surface area contributed by atoms with Crippen LogP contribution in [0.3, 0.4) is 0 Å². The van der Waals surface area contributed by atoms with Gasteiger partial charge in [-0.15, -0.1) is 0 Å². The first kappa shape index (κ1) is 25.9. The molecule has 2 aromatic carbocycles. The van der Waals surface area contributed by atoms with E-state index >= 15 is 0 Å². The maximum atomic E-state index is 13.2. The van der Waals surface area contributed by atoms with Crippen LogP contribution in [0.4, 0.5) is 5.82 Å². The second kappa shape index (κ2) is 11.4. The van der Waals surface area contributed by atoms with Crippen LogP contribution < -0.4 is 10.6 Å². The summed E-state index contributed by atoms with van der Waals surface area (Å²) in [5.41, 5.74) is 3.42. The smallest absolute Gasteiger partial charge is 0.326 e. The number of aromatic nitrogens is 4. The number of ether oxygens (including phenoxy) is 1. The van der Waals surface area contributed by atoms with Crippen molar-refractivity contribution >= 4 is 46.1 Å². The van der Waals surface area contributed by atoms with Gasteiger partial charge >= 0.3 is 5.69 Å². The molecular formula is C28H29ClN6O3S. The van der Waals surface area contributed by atoms with Crippen LogP contribution in [0.25, 0.3) is 11.0 Å². The fourth-order valence-corrected chi connectivity index (χ4v) is 6.28. The van der Waals surface area contributed by atoms with Gasteiger partial charge in [0.05, 0.1) is 24.2 Å². The van der Waals surface area contributed by atoms with Crippen molar-refractivity contribution in [3.63, 3.8) is 0 Å². The largest absolute Gasteiger partial charge is 0.378 e. The molecule has 0 unspecified atom stereocenters. The van der Waals surface area contributed by atoms with Crippen molar-refractivity contribution in [1.29, 1.82) is 0 Å². The van der Waals surface area contributed by atoms with Gasteiger partial charge in [0.1, 0.15) is 11.0 Å². The van der Waals surface area contributed by atoms with Crippen LogP contribution in [-0.2, 0) is 10.5 Å². The van der Waals surface area contributed by atoms with Crippen LogP contribution in [0.2, 0.25) is 5.15 Å². The lowest BCUT2D eigenvalue weighted by molar-refractivity contribution is 0.0695. The number of H-pyrrole nitrogens is 1. The Morgan fingerprint density at radius 2 is 1.77 bits per heavy atom. The number of thioether (sulfide) groups is 1. The lowest BCUT2D eigenvalue weighted by atomic mass is 10.0. The fourth-order valence-electron chi connectivity index (χ4n) is 5.24. The SMILES string of the molecule is O=C(c1ccc(CSc2nc(Cl)cc(N3CCOCC3)n2)cc1)N1CCC(n2c(=O)[nH]c3ccccc32)CC1. The first-order valence-electron chi connectivity index (χ1n) is 13.1. The van der Waals surface area contributed by atoms with E-state index in [-0.39, 0.29) is 17.6 Å². The number of fused-ring (bicyclic) bond motifs is 1. The van der Waals surface area contributed by atoms with E-state index in [0.717, 1.165) is 48.3 Å². The van der Waals surface area contributed by atoms with E-state index in [1.54, 1.807) is 6.07 Å². The monoisotopic (exact) mass is 564 g/mol. The fraction of sp³-hybridized carbons (Fsp3) is 0.357. The van der Waals surface area contributed by atoms with Gasteiger partial charge in [-0.05, 0) is 42.7 Å². The molecule has 0 aliphatic carbocycles. The summed E-state index contributed by atoms with van der Waals surface area (Å²) < 4.78 is 7.27. The molecule has 2 aromatic heterocycles. The summed E-state index contributed by atoms with van der Waals surface area (Å²) in [6.45, 7) is 4.15. The molecule has 11 heteroatoms. The third-order valence-electron chi connectivity index (χ3n) is 7.31. The number of aromatic amines is 1. The number of para-hydroxylation sites is 2. The molecule has 4 aromatic rings. The Kier molecular flexibility index (Phi) is 7.58. The number of anilines is 1. The molecule has 6 rings (SSSR count). The second-order valence-corrected chi connectivity index (χ2v) is 11.1. The van der Waals surface area contributed by atoms with Crippen molar-refractivity contribution in [2.45, 2.75) is 29.8 Å². The third-order valence-corrected chi connectivity index (χ3v) is 8.42. The van der Waals surface area contributed by atoms with Gasteiger partial charge in [0.15, 0.2) is 5.16 Å². The van der Waals surface area contributed by atoms with Gasteiger partial charge in [0, 0.05) is 49.6 Å². The predicted octanol–water partition coefficient (Wildman–Crippen LogP) is 4.38. The number of carbonyl (C=O) groups excluding carboxylic acids is 1. The summed E-state index contributed by atoms with van der Waals surface area (Å²) in [4.78, 5) is 41.8. The van der Waals surface area contributed by atoms with E-state index in [2.05, 4.69) is 19.9 Å². The molecule has 202 valence electrons. The zero-order valence-electron chi connectivity index (χ0n) is 21.4. The number of nitrogens with zero attached hydrogens (tertiary/aromatic N) is 5. The Labute approximate surface area is 235 Å². The number of likely N-dealkylation sites (tertiary alicyclic amines) is 1. The minimum Gasteiger partial charge on any atom is -0.378 e. The molecule has 1 amide bonds. The number of carbonyl (C=O) groups is 1. The Hall–Kier alpha value is -3.34. The molecule has 0 radical (unpaired) electrons. The molecule has 2 saturated heterocycles. The predicted molar refractivity (Wildman–Crippen MR) is 153 cm³/mol. The van der Waals surface area contributed by atoms with Crippen LogP contribution in [0.1, 0.15) is 34.8 Å². The van der Waals surface area contributed by atoms with Crippen LogP contribution in [0.5, 0.6) is 0 Å². The number of piperidine rings is 1. The van der Waals surface area contributed by atoms with Crippen molar-refractivity contribution in [2.75, 3.05) is 44.3 Å². The molecule has 0 bridgehead atoms. The number of halogens is 1. The first-order valence-corrected chi connectivity index (χ1v) is 14.5. The Morgan fingerprint density at radius 3 is 2.54 bits per heavy atom. The number of hydrogen-bond donors (Lipinski definition) is 1. The van der Waals surface area contributed by atoms with E-state index in [9.17, 15) is 9.59 Å². The lowest BCUT2D eigenvalue weighted by Gasteiger charge is -2.32. The average molecular weight is 565 g/mol. The summed E-state index contributed by atoms with van der Waals surface area (Å²) in [6.07, 6.45) is 1.49. The summed E-state index contributed by atoms with van der Waals surface area (Å²) >= 11 is 7.79. The van der Waals surface area contributed by atoms with Gasteiger partial charge in [0.2, 0.25) is 0 Å². The number of benzene rings is 2. The normalized spacial score (nSPS) is 16.6. The molecule has 0 spiro atoms. The summed E-state index contributed by atoms with van der Waals surface area (Å²) in [7, 11) is 0. The molecule has 2 aliphatic heterocycles. The van der Waals surface area contributed by atoms with E-state index in [1.807, 2.05) is 58.0 Å². The van der Waals surface area contributed by atoms with E-state index in [1.165, 1.54) is 11.8 Å². The molecular weight excluding hydrogens is 536 g/mol. The minimum absolute atomic E-state index is 0.0206. The number of imidazole rings is 1. The van der Waals surface area contributed by atoms with Crippen molar-refractivity contribution in [1.82, 2.24) is 24.4 Å². The van der Waals surface area contributed by atoms with Gasteiger partial charge in [-0.3, -0.25) is 9.36 Å². The molecule has 4 heterocycles. The van der Waals surface area contributed by atoms with Crippen molar-refractivity contribution < 1.29 is 9.53 Å². The maximum absolute atomic E-state index is 13.2. The maximum Gasteiger partial charge on any atom is 0.326 e. The summed E-state index contributed by atoms with van der Waals surface area (Å²) in [5, 5.41) is 1.05. The van der Waals surface area contributed by atoms with Gasteiger partial charge in [0.25, 0.3) is 5.91 Å². The molecule has 9 nitrogen and oxygen atoms in total. The highest BCUT2D eigenvalue weighted by Crippen LogP contribution is 2.27. The number of morpholine rings is 1. The molecule has 2 aliphatic rings. The highest BCUT2D eigenvalue weighted by atomic mass is 35.5. The molecule has 0 saturated carbocycles. The number of amides is 1. The topological polar surface area (TPSA) is 96.3 Å². The Morgan fingerprint density at radius 1 is 1.03 bits per heavy atom. The third kappa shape index (κ3) is 5.68. The van der Waals surface area contributed by atoms with Crippen LogP contribution in [-0.4, -0.2) is 69.7 Å². The van der Waals surface area contributed by atoms with E-state index in [4.69, 9.17) is 16.3 Å². The van der Waals surface area contributed by atoms with Gasteiger partial charge in [-0.1, -0.05) is 47.6 Å². The van der Waals surface area contributed by atoms with Gasteiger partial charge < -0.3 is 19.5 Å². The number of nitrogens with one attached hydrogen (secondary N) is 1. The number of hydrogen-bond acceptors (Lipinski definition) is 7. The number of rotatable bonds is 6. The minimum atomic E-state index is -0.0880. The van der Waals surface area contributed by atoms with E-state index in [0.29, 0.717) is 47.9 Å². The molecule has 0 atom stereocenters. The highest BCUT2D eigenvalue weighted by molar-refractivity contribution is 7.98. The zero-order chi connectivity index (χ0) is 26.8. The van der Waals surface area contributed by atoms with Crippen molar-refractivity contribution in [3.8, 4) is 0 Å². The van der Waals surface area contributed by atoms with Gasteiger partial charge in [-0.2, -0.15) is 0 Å². The average Bonchev–Trinajstić information content (AvgIpc) is 3.32. The zero-order valence-corrected chi connectivity index (χ0v) is 23.0. The highest BCUT2D eigenvalue weighted by Gasteiger charge is 2.26. The summed E-state index contributed by atoms with van der Waals surface area (Å²) in [5.74, 6) is 1.51. The van der Waals surface area contributed by atoms with Crippen LogP contribution in [0.15, 0.2) is 64.5 Å². The van der Waals surface area contributed by atoms with Crippen molar-refractivity contribution in [3.05, 3.63) is 81.4 Å². The summed E-state index contributed by atoms with van der Waals surface area (Å²) in [6, 6.07) is 17.3. The van der Waals surface area contributed by atoms with Crippen molar-refractivity contribution in [2.24, 2.45) is 0 Å². The second-order valence-electron chi connectivity index (χ2n) is 9.76. The van der Waals surface area contributed by atoms with Crippen LogP contribution >= 0.6 is 23.4 Å². The Bertz CT molecular complexity index is 1520. The molecule has 1 N–H and O–H groups in total. The van der Waals surface area contributed by atoms with Gasteiger partial charge in [-0.25, -0.2) is 14.8 Å². The lowest BCUT2D eigenvalue weighted by Crippen LogP contribution is -2.40.